The van der Waals surface area contributed by atoms with E-state index in [1.54, 1.807) is 23.1 Å². The standard InChI is InChI=1S/C25H32FN3O4/c1-2-6-21-16-22(27-33-21)25(31)29-14-11-23(32-20-9-7-19(26)8-10-20)18(17-29)15-24(30)28-12-4-3-5-13-28/h7-10,16,18,23H,2-6,11-15,17H2,1H3/t18-,23-/m0/s1. The SMILES string of the molecule is CCCc1cc(C(=O)N2CC[C@H](Oc3ccc(F)cc3)[C@@H](CC(=O)N3CCCCC3)C2)no1. The zero-order valence-electron chi connectivity index (χ0n) is 19.2. The molecule has 0 aliphatic carbocycles. The molecule has 0 N–H and O–H groups in total. The Morgan fingerprint density at radius 3 is 2.61 bits per heavy atom. The average Bonchev–Trinajstić information content (AvgIpc) is 3.30. The van der Waals surface area contributed by atoms with Gasteiger partial charge in [-0.3, -0.25) is 9.59 Å². The molecular formula is C25H32FN3O4. The maximum absolute atomic E-state index is 13.3. The van der Waals surface area contributed by atoms with E-state index >= 15 is 0 Å². The predicted molar refractivity (Wildman–Crippen MR) is 120 cm³/mol. The number of carbonyl (C=O) groups is 2. The number of carbonyl (C=O) groups excluding carboxylic acids is 2. The molecule has 2 aliphatic heterocycles. The van der Waals surface area contributed by atoms with E-state index in [2.05, 4.69) is 5.16 Å². The van der Waals surface area contributed by atoms with Crippen LogP contribution in [0.1, 0.15) is 61.7 Å². The predicted octanol–water partition coefficient (Wildman–Crippen LogP) is 4.08. The molecule has 2 atom stereocenters. The number of nitrogens with zero attached hydrogens (tertiary/aromatic N) is 3. The Morgan fingerprint density at radius 1 is 1.12 bits per heavy atom. The molecule has 2 aromatic rings. The van der Waals surface area contributed by atoms with Gasteiger partial charge in [0.1, 0.15) is 23.4 Å². The Bertz CT molecular complexity index is 939. The molecule has 2 fully saturated rings. The van der Waals surface area contributed by atoms with E-state index in [1.165, 1.54) is 12.1 Å². The van der Waals surface area contributed by atoms with Crippen LogP contribution in [0, 0.1) is 11.7 Å². The molecule has 3 heterocycles. The monoisotopic (exact) mass is 457 g/mol. The zero-order valence-corrected chi connectivity index (χ0v) is 19.2. The number of benzene rings is 1. The maximum atomic E-state index is 13.3. The van der Waals surface area contributed by atoms with Crippen LogP contribution in [0.15, 0.2) is 34.9 Å². The number of piperidine rings is 2. The summed E-state index contributed by atoms with van der Waals surface area (Å²) in [5.41, 5.74) is 0.303. The topological polar surface area (TPSA) is 75.9 Å². The molecule has 0 saturated carbocycles. The smallest absolute Gasteiger partial charge is 0.276 e. The first-order valence-electron chi connectivity index (χ1n) is 12.0. The maximum Gasteiger partial charge on any atom is 0.276 e. The fourth-order valence-electron chi connectivity index (χ4n) is 4.67. The van der Waals surface area contributed by atoms with E-state index in [9.17, 15) is 14.0 Å². The molecule has 178 valence electrons. The van der Waals surface area contributed by atoms with Crippen molar-refractivity contribution in [2.24, 2.45) is 5.92 Å². The van der Waals surface area contributed by atoms with Gasteiger partial charge in [0, 0.05) is 57.4 Å². The second-order valence-electron chi connectivity index (χ2n) is 8.98. The van der Waals surface area contributed by atoms with E-state index in [-0.39, 0.29) is 29.7 Å². The largest absolute Gasteiger partial charge is 0.490 e. The first kappa shape index (κ1) is 23.3. The zero-order chi connectivity index (χ0) is 23.2. The lowest BCUT2D eigenvalue weighted by Gasteiger charge is -2.39. The number of hydrogen-bond acceptors (Lipinski definition) is 5. The lowest BCUT2D eigenvalue weighted by Crippen LogP contribution is -2.50. The minimum absolute atomic E-state index is 0.105. The average molecular weight is 458 g/mol. The van der Waals surface area contributed by atoms with Crippen LogP contribution >= 0.6 is 0 Å². The highest BCUT2D eigenvalue weighted by Crippen LogP contribution is 2.28. The van der Waals surface area contributed by atoms with Crippen molar-refractivity contribution in [3.8, 4) is 5.75 Å². The summed E-state index contributed by atoms with van der Waals surface area (Å²) in [5.74, 6) is 0.702. The van der Waals surface area contributed by atoms with Crippen molar-refractivity contribution < 1.29 is 23.2 Å². The number of likely N-dealkylation sites (tertiary alicyclic amines) is 2. The normalized spacial score (nSPS) is 21.2. The third kappa shape index (κ3) is 5.92. The summed E-state index contributed by atoms with van der Waals surface area (Å²) in [7, 11) is 0. The van der Waals surface area contributed by atoms with Gasteiger partial charge in [-0.1, -0.05) is 12.1 Å². The Kier molecular flexibility index (Phi) is 7.62. The van der Waals surface area contributed by atoms with Crippen LogP contribution < -0.4 is 4.74 Å². The molecule has 2 amide bonds. The summed E-state index contributed by atoms with van der Waals surface area (Å²) < 4.78 is 24.8. The van der Waals surface area contributed by atoms with Gasteiger partial charge in [0.05, 0.1) is 0 Å². The Hall–Kier alpha value is -2.90. The molecule has 2 saturated heterocycles. The lowest BCUT2D eigenvalue weighted by molar-refractivity contribution is -0.134. The van der Waals surface area contributed by atoms with Crippen molar-refractivity contribution in [3.05, 3.63) is 47.6 Å². The van der Waals surface area contributed by atoms with E-state index in [0.717, 1.165) is 45.2 Å². The van der Waals surface area contributed by atoms with Crippen LogP contribution in [0.4, 0.5) is 4.39 Å². The number of amides is 2. The molecule has 1 aromatic carbocycles. The fourth-order valence-corrected chi connectivity index (χ4v) is 4.67. The summed E-state index contributed by atoms with van der Waals surface area (Å²) in [4.78, 5) is 29.8. The number of rotatable bonds is 7. The molecule has 2 aliphatic rings. The number of aryl methyl sites for hydroxylation is 1. The van der Waals surface area contributed by atoms with Crippen molar-refractivity contribution in [2.45, 2.75) is 58.0 Å². The number of hydrogen-bond donors (Lipinski definition) is 0. The minimum Gasteiger partial charge on any atom is -0.490 e. The highest BCUT2D eigenvalue weighted by Gasteiger charge is 2.36. The van der Waals surface area contributed by atoms with Gasteiger partial charge < -0.3 is 19.1 Å². The highest BCUT2D eigenvalue weighted by atomic mass is 19.1. The van der Waals surface area contributed by atoms with Gasteiger partial charge in [-0.25, -0.2) is 4.39 Å². The first-order valence-corrected chi connectivity index (χ1v) is 12.0. The second kappa shape index (κ2) is 10.8. The van der Waals surface area contributed by atoms with Crippen LogP contribution in [0.2, 0.25) is 0 Å². The Morgan fingerprint density at radius 2 is 1.88 bits per heavy atom. The second-order valence-corrected chi connectivity index (χ2v) is 8.98. The molecule has 1 aromatic heterocycles. The van der Waals surface area contributed by atoms with Crippen LogP contribution in [0.3, 0.4) is 0 Å². The van der Waals surface area contributed by atoms with Gasteiger partial charge in [0.15, 0.2) is 5.69 Å². The van der Waals surface area contributed by atoms with Crippen LogP contribution in [-0.2, 0) is 11.2 Å². The minimum atomic E-state index is -0.324. The van der Waals surface area contributed by atoms with E-state index in [0.29, 0.717) is 43.1 Å². The fraction of sp³-hybridized carbons (Fsp3) is 0.560. The molecule has 0 spiro atoms. The van der Waals surface area contributed by atoms with Crippen molar-refractivity contribution >= 4 is 11.8 Å². The van der Waals surface area contributed by atoms with Gasteiger partial charge in [0.25, 0.3) is 5.91 Å². The van der Waals surface area contributed by atoms with Crippen molar-refractivity contribution in [3.63, 3.8) is 0 Å². The van der Waals surface area contributed by atoms with Crippen LogP contribution in [-0.4, -0.2) is 59.1 Å². The number of aromatic nitrogens is 1. The number of halogens is 1. The van der Waals surface area contributed by atoms with Gasteiger partial charge in [-0.05, 0) is 49.9 Å². The van der Waals surface area contributed by atoms with Gasteiger partial charge in [0.2, 0.25) is 5.91 Å². The quantitative estimate of drug-likeness (QED) is 0.626. The van der Waals surface area contributed by atoms with Crippen LogP contribution in [0.5, 0.6) is 5.75 Å². The van der Waals surface area contributed by atoms with Gasteiger partial charge >= 0.3 is 0 Å². The summed E-state index contributed by atoms with van der Waals surface area (Å²) in [6.45, 7) is 4.52. The lowest BCUT2D eigenvalue weighted by atomic mass is 9.90. The van der Waals surface area contributed by atoms with Gasteiger partial charge in [-0.2, -0.15) is 0 Å². The first-order chi connectivity index (χ1) is 16.0. The summed E-state index contributed by atoms with van der Waals surface area (Å²) in [5, 5.41) is 3.96. The third-order valence-corrected chi connectivity index (χ3v) is 6.47. The summed E-state index contributed by atoms with van der Waals surface area (Å²) in [6, 6.07) is 7.63. The molecular weight excluding hydrogens is 425 g/mol. The molecule has 0 unspecified atom stereocenters. The molecule has 8 heteroatoms. The summed E-state index contributed by atoms with van der Waals surface area (Å²) >= 11 is 0. The van der Waals surface area contributed by atoms with Gasteiger partial charge in [-0.15, -0.1) is 0 Å². The molecule has 0 bridgehead atoms. The highest BCUT2D eigenvalue weighted by molar-refractivity contribution is 5.92. The molecule has 0 radical (unpaired) electrons. The van der Waals surface area contributed by atoms with E-state index < -0.39 is 0 Å². The van der Waals surface area contributed by atoms with Crippen molar-refractivity contribution in [2.75, 3.05) is 26.2 Å². The van der Waals surface area contributed by atoms with E-state index in [4.69, 9.17) is 9.26 Å². The van der Waals surface area contributed by atoms with E-state index in [1.807, 2.05) is 11.8 Å². The molecule has 7 nitrogen and oxygen atoms in total. The number of ether oxygens (including phenoxy) is 1. The Labute approximate surface area is 193 Å². The summed E-state index contributed by atoms with van der Waals surface area (Å²) in [6.07, 6.45) is 5.53. The molecule has 33 heavy (non-hydrogen) atoms. The third-order valence-electron chi connectivity index (χ3n) is 6.47. The Balaban J connectivity index is 1.46. The van der Waals surface area contributed by atoms with Crippen molar-refractivity contribution in [1.82, 2.24) is 15.0 Å². The molecule has 4 rings (SSSR count). The van der Waals surface area contributed by atoms with Crippen molar-refractivity contribution in [1.29, 1.82) is 0 Å². The van der Waals surface area contributed by atoms with Crippen LogP contribution in [0.25, 0.3) is 0 Å².